The van der Waals surface area contributed by atoms with Gasteiger partial charge in [-0.1, -0.05) is 0 Å². The molecule has 6 nitrogen and oxygen atoms in total. The molecular weight excluding hydrogens is 326 g/mol. The third-order valence-corrected chi connectivity index (χ3v) is 7.39. The molecule has 136 valence electrons. The van der Waals surface area contributed by atoms with Gasteiger partial charge in [0.2, 0.25) is 0 Å². The minimum atomic E-state index is -2.82. The zero-order valence-electron chi connectivity index (χ0n) is 14.2. The molecule has 4 aliphatic rings. The van der Waals surface area contributed by atoms with Crippen LogP contribution < -0.4 is 10.6 Å². The Labute approximate surface area is 144 Å². The zero-order chi connectivity index (χ0) is 16.6. The summed E-state index contributed by atoms with van der Waals surface area (Å²) in [6.07, 6.45) is 8.29. The number of nitrogens with one attached hydrogen (secondary N) is 2. The number of hydrogen-bond acceptors (Lipinski definition) is 4. The summed E-state index contributed by atoms with van der Waals surface area (Å²) in [6, 6.07) is 0.962. The Morgan fingerprint density at radius 3 is 2.50 bits per heavy atom. The molecule has 2 saturated heterocycles. The first-order chi connectivity index (χ1) is 11.6. The molecule has 0 spiro atoms. The average molecular weight is 356 g/mol. The molecule has 4 rings (SSSR count). The summed E-state index contributed by atoms with van der Waals surface area (Å²) in [6.45, 7) is 1.44. The Bertz CT molecular complexity index is 584. The van der Waals surface area contributed by atoms with Gasteiger partial charge in [-0.05, 0) is 56.8 Å². The van der Waals surface area contributed by atoms with Crippen molar-refractivity contribution < 1.29 is 13.2 Å². The molecular formula is C17H29N3O3S. The van der Waals surface area contributed by atoms with E-state index in [0.29, 0.717) is 36.2 Å². The standard InChI is InChI=1S/C17H29N3O3S/c21-24(22)8-6-12(11-24)10-18-17(19-14-3-4-14)20-15-5-7-23-16(9-15)13-1-2-13/h12-16H,1-11H2,(H2,18,19,20). The van der Waals surface area contributed by atoms with Crippen LogP contribution in [0.3, 0.4) is 0 Å². The second-order valence-electron chi connectivity index (χ2n) is 7.99. The molecule has 4 fully saturated rings. The number of sulfone groups is 1. The van der Waals surface area contributed by atoms with E-state index in [9.17, 15) is 8.42 Å². The number of rotatable bonds is 5. The van der Waals surface area contributed by atoms with E-state index in [-0.39, 0.29) is 5.92 Å². The second kappa shape index (κ2) is 6.83. The molecule has 7 heteroatoms. The first-order valence-electron chi connectivity index (χ1n) is 9.47. The van der Waals surface area contributed by atoms with Crippen LogP contribution in [0.2, 0.25) is 0 Å². The maximum Gasteiger partial charge on any atom is 0.191 e. The lowest BCUT2D eigenvalue weighted by atomic mass is 10.0. The van der Waals surface area contributed by atoms with E-state index in [0.717, 1.165) is 37.7 Å². The Balaban J connectivity index is 1.33. The van der Waals surface area contributed by atoms with Crippen LogP contribution in [0.15, 0.2) is 4.99 Å². The molecule has 0 aromatic heterocycles. The summed E-state index contributed by atoms with van der Waals surface area (Å²) >= 11 is 0. The molecule has 2 saturated carbocycles. The molecule has 3 unspecified atom stereocenters. The number of ether oxygens (including phenoxy) is 1. The van der Waals surface area contributed by atoms with Crippen LogP contribution in [0.1, 0.15) is 44.9 Å². The Hall–Kier alpha value is -0.820. The van der Waals surface area contributed by atoms with E-state index in [1.54, 1.807) is 0 Å². The predicted molar refractivity (Wildman–Crippen MR) is 93.8 cm³/mol. The Morgan fingerprint density at radius 1 is 1.04 bits per heavy atom. The van der Waals surface area contributed by atoms with Crippen LogP contribution in [0.5, 0.6) is 0 Å². The molecule has 0 amide bonds. The maximum absolute atomic E-state index is 11.6. The van der Waals surface area contributed by atoms with Crippen molar-refractivity contribution in [1.29, 1.82) is 0 Å². The van der Waals surface area contributed by atoms with Gasteiger partial charge in [-0.3, -0.25) is 4.99 Å². The summed E-state index contributed by atoms with van der Waals surface area (Å²) in [4.78, 5) is 4.72. The molecule has 2 aliphatic carbocycles. The van der Waals surface area contributed by atoms with Crippen LogP contribution in [0.25, 0.3) is 0 Å². The van der Waals surface area contributed by atoms with E-state index in [4.69, 9.17) is 9.73 Å². The lowest BCUT2D eigenvalue weighted by molar-refractivity contribution is -0.00826. The van der Waals surface area contributed by atoms with Gasteiger partial charge in [-0.2, -0.15) is 0 Å². The number of guanidine groups is 1. The van der Waals surface area contributed by atoms with E-state index < -0.39 is 9.84 Å². The normalized spacial score (nSPS) is 36.5. The SMILES string of the molecule is O=S1(=O)CCC(CN=C(NC2CC2)NC2CCOC(C3CC3)C2)C1. The summed E-state index contributed by atoms with van der Waals surface area (Å²) < 4.78 is 29.1. The molecule has 0 aromatic carbocycles. The van der Waals surface area contributed by atoms with Gasteiger partial charge < -0.3 is 15.4 Å². The number of hydrogen-bond donors (Lipinski definition) is 2. The van der Waals surface area contributed by atoms with Gasteiger partial charge in [-0.15, -0.1) is 0 Å². The van der Waals surface area contributed by atoms with Gasteiger partial charge in [0.1, 0.15) is 0 Å². The fourth-order valence-electron chi connectivity index (χ4n) is 3.74. The van der Waals surface area contributed by atoms with E-state index in [1.165, 1.54) is 25.7 Å². The molecule has 24 heavy (non-hydrogen) atoms. The van der Waals surface area contributed by atoms with Crippen molar-refractivity contribution in [3.05, 3.63) is 0 Å². The quantitative estimate of drug-likeness (QED) is 0.570. The largest absolute Gasteiger partial charge is 0.378 e. The third-order valence-electron chi connectivity index (χ3n) is 5.56. The van der Waals surface area contributed by atoms with Gasteiger partial charge in [0, 0.05) is 25.2 Å². The van der Waals surface area contributed by atoms with Gasteiger partial charge in [0.05, 0.1) is 17.6 Å². The lowest BCUT2D eigenvalue weighted by Crippen LogP contribution is -2.48. The first-order valence-corrected chi connectivity index (χ1v) is 11.3. The summed E-state index contributed by atoms with van der Waals surface area (Å²) in [5.41, 5.74) is 0. The minimum Gasteiger partial charge on any atom is -0.378 e. The van der Waals surface area contributed by atoms with Crippen molar-refractivity contribution >= 4 is 15.8 Å². The van der Waals surface area contributed by atoms with E-state index in [2.05, 4.69) is 10.6 Å². The number of nitrogens with zero attached hydrogens (tertiary/aromatic N) is 1. The second-order valence-corrected chi connectivity index (χ2v) is 10.2. The van der Waals surface area contributed by atoms with Gasteiger partial charge in [0.15, 0.2) is 15.8 Å². The van der Waals surface area contributed by atoms with Crippen molar-refractivity contribution in [3.8, 4) is 0 Å². The van der Waals surface area contributed by atoms with E-state index in [1.807, 2.05) is 0 Å². The van der Waals surface area contributed by atoms with Gasteiger partial charge in [-0.25, -0.2) is 8.42 Å². The first kappa shape index (κ1) is 16.6. The molecule has 0 radical (unpaired) electrons. The smallest absolute Gasteiger partial charge is 0.191 e. The predicted octanol–water partition coefficient (Wildman–Crippen LogP) is 1.08. The maximum atomic E-state index is 11.6. The fraction of sp³-hybridized carbons (Fsp3) is 0.941. The molecule has 0 aromatic rings. The van der Waals surface area contributed by atoms with Crippen molar-refractivity contribution in [1.82, 2.24) is 10.6 Å². The van der Waals surface area contributed by atoms with Gasteiger partial charge in [0.25, 0.3) is 0 Å². The monoisotopic (exact) mass is 355 g/mol. The fourth-order valence-corrected chi connectivity index (χ4v) is 5.59. The van der Waals surface area contributed by atoms with Gasteiger partial charge >= 0.3 is 0 Å². The van der Waals surface area contributed by atoms with Crippen molar-refractivity contribution in [3.63, 3.8) is 0 Å². The topological polar surface area (TPSA) is 79.8 Å². The molecule has 2 heterocycles. The summed E-state index contributed by atoms with van der Waals surface area (Å²) in [5.74, 6) is 2.46. The molecule has 2 aliphatic heterocycles. The highest BCUT2D eigenvalue weighted by molar-refractivity contribution is 7.91. The van der Waals surface area contributed by atoms with Crippen LogP contribution in [-0.4, -0.2) is 57.2 Å². The Kier molecular flexibility index (Phi) is 4.73. The van der Waals surface area contributed by atoms with Crippen molar-refractivity contribution in [2.75, 3.05) is 24.7 Å². The van der Waals surface area contributed by atoms with E-state index >= 15 is 0 Å². The highest BCUT2D eigenvalue weighted by Gasteiger charge is 2.36. The average Bonchev–Trinajstić information content (AvgIpc) is 3.44. The van der Waals surface area contributed by atoms with Crippen LogP contribution in [0, 0.1) is 11.8 Å². The van der Waals surface area contributed by atoms with Crippen LogP contribution in [-0.2, 0) is 14.6 Å². The molecule has 2 N–H and O–H groups in total. The lowest BCUT2D eigenvalue weighted by Gasteiger charge is -2.31. The zero-order valence-corrected chi connectivity index (χ0v) is 15.1. The molecule has 3 atom stereocenters. The minimum absolute atomic E-state index is 0.182. The van der Waals surface area contributed by atoms with Crippen molar-refractivity contribution in [2.24, 2.45) is 16.8 Å². The highest BCUT2D eigenvalue weighted by Crippen LogP contribution is 2.38. The van der Waals surface area contributed by atoms with Crippen LogP contribution >= 0.6 is 0 Å². The van der Waals surface area contributed by atoms with Crippen LogP contribution in [0.4, 0.5) is 0 Å². The summed E-state index contributed by atoms with van der Waals surface area (Å²) in [7, 11) is -2.82. The number of aliphatic imine (C=N–C) groups is 1. The Morgan fingerprint density at radius 2 is 1.83 bits per heavy atom. The molecule has 0 bridgehead atoms. The third kappa shape index (κ3) is 4.63. The highest BCUT2D eigenvalue weighted by atomic mass is 32.2. The summed E-state index contributed by atoms with van der Waals surface area (Å²) in [5, 5.41) is 7.09. The van der Waals surface area contributed by atoms with Crippen molar-refractivity contribution in [2.45, 2.75) is 63.1 Å².